The normalized spacial score (nSPS) is 13.1. The highest BCUT2D eigenvalue weighted by Crippen LogP contribution is 2.34. The molecule has 0 N–H and O–H groups in total. The maximum atomic E-state index is 13.3. The van der Waals surface area contributed by atoms with Crippen molar-refractivity contribution in [2.45, 2.75) is 32.8 Å². The van der Waals surface area contributed by atoms with Crippen molar-refractivity contribution in [2.75, 3.05) is 18.1 Å². The average molecular weight is 472 g/mol. The summed E-state index contributed by atoms with van der Waals surface area (Å²) in [5.41, 5.74) is 4.53. The molecule has 0 fully saturated rings. The maximum Gasteiger partial charge on any atom is 0.419 e. The molecule has 0 saturated heterocycles. The van der Waals surface area contributed by atoms with E-state index >= 15 is 0 Å². The molecule has 0 spiro atoms. The van der Waals surface area contributed by atoms with Gasteiger partial charge in [0, 0.05) is 5.56 Å². The van der Waals surface area contributed by atoms with Crippen LogP contribution in [0.1, 0.15) is 31.4 Å². The summed E-state index contributed by atoms with van der Waals surface area (Å²) >= 11 is 0. The Hall–Kier alpha value is -4.06. The van der Waals surface area contributed by atoms with Crippen molar-refractivity contribution < 1.29 is 23.8 Å². The first-order valence-corrected chi connectivity index (χ1v) is 11.8. The number of hydrogen-bond donors (Lipinski definition) is 0. The molecule has 1 aliphatic rings. The first-order chi connectivity index (χ1) is 17.1. The molecule has 3 aromatic rings. The fourth-order valence-electron chi connectivity index (χ4n) is 4.12. The van der Waals surface area contributed by atoms with Crippen molar-refractivity contribution in [3.05, 3.63) is 95.6 Å². The van der Waals surface area contributed by atoms with Gasteiger partial charge in [0.25, 0.3) is 0 Å². The average Bonchev–Trinajstić information content (AvgIpc) is 2.88. The van der Waals surface area contributed by atoms with Gasteiger partial charge in [0.2, 0.25) is 0 Å². The second-order valence-electron chi connectivity index (χ2n) is 8.17. The molecule has 6 nitrogen and oxygen atoms in total. The van der Waals surface area contributed by atoms with Crippen LogP contribution in [0.5, 0.6) is 5.75 Å². The minimum absolute atomic E-state index is 0.121. The molecule has 4 rings (SSSR count). The second kappa shape index (κ2) is 11.4. The van der Waals surface area contributed by atoms with Crippen LogP contribution in [0.2, 0.25) is 0 Å². The van der Waals surface area contributed by atoms with Crippen LogP contribution in [0.15, 0.2) is 84.4 Å². The predicted octanol–water partition coefficient (Wildman–Crippen LogP) is 6.32. The number of esters is 1. The van der Waals surface area contributed by atoms with Crippen LogP contribution in [0.25, 0.3) is 6.08 Å². The number of para-hydroxylation sites is 2. The van der Waals surface area contributed by atoms with Crippen LogP contribution in [0.3, 0.4) is 0 Å². The Morgan fingerprint density at radius 1 is 0.886 bits per heavy atom. The lowest BCUT2D eigenvalue weighted by molar-refractivity contribution is -0.145. The molecule has 1 aliphatic carbocycles. The van der Waals surface area contributed by atoms with Gasteiger partial charge in [-0.2, -0.15) is 0 Å². The van der Waals surface area contributed by atoms with Crippen molar-refractivity contribution in [1.82, 2.24) is 0 Å². The second-order valence-corrected chi connectivity index (χ2v) is 8.17. The third kappa shape index (κ3) is 5.90. The standard InChI is InChI=1S/C29H29NO5/c1-3-33-28(31)20-34-27-16-10-11-23-19-22(17-18-26(23)27)21(2)35-29(32)30(24-12-6-4-7-13-24)25-14-8-5-9-15-25/h4-16,19,21H,3,17-18,20H2,1-2H3. The molecule has 6 heteroatoms. The lowest BCUT2D eigenvalue weighted by Gasteiger charge is -2.27. The van der Waals surface area contributed by atoms with Gasteiger partial charge in [-0.15, -0.1) is 0 Å². The van der Waals surface area contributed by atoms with E-state index in [1.807, 2.05) is 91.9 Å². The smallest absolute Gasteiger partial charge is 0.419 e. The van der Waals surface area contributed by atoms with Gasteiger partial charge >= 0.3 is 12.1 Å². The zero-order valence-electron chi connectivity index (χ0n) is 20.0. The van der Waals surface area contributed by atoms with Gasteiger partial charge in [0.1, 0.15) is 11.9 Å². The number of hydrogen-bond acceptors (Lipinski definition) is 5. The molecular weight excluding hydrogens is 442 g/mol. The number of nitrogens with zero attached hydrogens (tertiary/aromatic N) is 1. The fourth-order valence-corrected chi connectivity index (χ4v) is 4.12. The van der Waals surface area contributed by atoms with E-state index in [1.165, 1.54) is 0 Å². The number of carbonyl (C=O) groups excluding carboxylic acids is 2. The SMILES string of the molecule is CCOC(=O)COc1cccc2c1CCC(C(C)OC(=O)N(c1ccccc1)c1ccccc1)=C2. The van der Waals surface area contributed by atoms with E-state index in [2.05, 4.69) is 0 Å². The van der Waals surface area contributed by atoms with E-state index in [1.54, 1.807) is 11.8 Å². The minimum Gasteiger partial charge on any atom is -0.482 e. The predicted molar refractivity (Wildman–Crippen MR) is 136 cm³/mol. The largest absolute Gasteiger partial charge is 0.482 e. The molecule has 3 aromatic carbocycles. The number of rotatable bonds is 8. The molecule has 1 atom stereocenters. The van der Waals surface area contributed by atoms with E-state index < -0.39 is 12.2 Å². The number of anilines is 2. The molecule has 0 aliphatic heterocycles. The quantitative estimate of drug-likeness (QED) is 0.360. The summed E-state index contributed by atoms with van der Waals surface area (Å²) in [6.45, 7) is 3.86. The third-order valence-electron chi connectivity index (χ3n) is 5.84. The molecule has 180 valence electrons. The molecular formula is C29H29NO5. The van der Waals surface area contributed by atoms with Crippen LogP contribution in [0.4, 0.5) is 16.2 Å². The van der Waals surface area contributed by atoms with Crippen LogP contribution < -0.4 is 9.64 Å². The number of amides is 1. The molecule has 0 aromatic heterocycles. The highest BCUT2D eigenvalue weighted by molar-refractivity contribution is 5.96. The number of carbonyl (C=O) groups is 2. The molecule has 35 heavy (non-hydrogen) atoms. The van der Waals surface area contributed by atoms with Crippen molar-refractivity contribution in [1.29, 1.82) is 0 Å². The van der Waals surface area contributed by atoms with Gasteiger partial charge in [0.15, 0.2) is 6.61 Å². The first-order valence-electron chi connectivity index (χ1n) is 11.8. The van der Waals surface area contributed by atoms with Gasteiger partial charge in [-0.25, -0.2) is 14.5 Å². The van der Waals surface area contributed by atoms with Gasteiger partial charge in [-0.1, -0.05) is 54.6 Å². The Kier molecular flexibility index (Phi) is 7.83. The molecule has 1 amide bonds. The summed E-state index contributed by atoms with van der Waals surface area (Å²) in [4.78, 5) is 26.6. The van der Waals surface area contributed by atoms with Crippen LogP contribution in [0, 0.1) is 0 Å². The van der Waals surface area contributed by atoms with Crippen molar-refractivity contribution in [2.24, 2.45) is 0 Å². The Bertz CT molecular complexity index is 1150. The summed E-state index contributed by atoms with van der Waals surface area (Å²) in [5.74, 6) is 0.286. The summed E-state index contributed by atoms with van der Waals surface area (Å²) in [6, 6.07) is 24.7. The van der Waals surface area contributed by atoms with E-state index in [0.29, 0.717) is 12.4 Å². The molecule has 0 radical (unpaired) electrons. The number of ether oxygens (including phenoxy) is 3. The first kappa shape index (κ1) is 24.1. The van der Waals surface area contributed by atoms with Gasteiger partial charge in [0.05, 0.1) is 18.0 Å². The summed E-state index contributed by atoms with van der Waals surface area (Å²) in [6.07, 6.45) is 2.65. The zero-order valence-corrected chi connectivity index (χ0v) is 20.0. The van der Waals surface area contributed by atoms with E-state index in [4.69, 9.17) is 14.2 Å². The number of benzene rings is 3. The molecule has 0 saturated carbocycles. The van der Waals surface area contributed by atoms with Crippen LogP contribution in [-0.2, 0) is 20.7 Å². The lowest BCUT2D eigenvalue weighted by Crippen LogP contribution is -2.30. The minimum atomic E-state index is -0.437. The van der Waals surface area contributed by atoms with Crippen molar-refractivity contribution in [3.63, 3.8) is 0 Å². The van der Waals surface area contributed by atoms with Crippen LogP contribution >= 0.6 is 0 Å². The monoisotopic (exact) mass is 471 g/mol. The van der Waals surface area contributed by atoms with Crippen LogP contribution in [-0.4, -0.2) is 31.4 Å². The van der Waals surface area contributed by atoms with E-state index in [0.717, 1.165) is 40.9 Å². The maximum absolute atomic E-state index is 13.3. The fraction of sp³-hybridized carbons (Fsp3) is 0.241. The highest BCUT2D eigenvalue weighted by Gasteiger charge is 2.25. The van der Waals surface area contributed by atoms with Gasteiger partial charge in [-0.05, 0) is 68.2 Å². The Morgan fingerprint density at radius 2 is 1.54 bits per heavy atom. The summed E-state index contributed by atoms with van der Waals surface area (Å²) < 4.78 is 16.6. The zero-order chi connectivity index (χ0) is 24.6. The van der Waals surface area contributed by atoms with Crippen molar-refractivity contribution in [3.8, 4) is 5.75 Å². The molecule has 0 heterocycles. The third-order valence-corrected chi connectivity index (χ3v) is 5.84. The van der Waals surface area contributed by atoms with Gasteiger partial charge in [-0.3, -0.25) is 0 Å². The summed E-state index contributed by atoms with van der Waals surface area (Å²) in [7, 11) is 0. The Morgan fingerprint density at radius 3 is 2.17 bits per heavy atom. The molecule has 1 unspecified atom stereocenters. The lowest BCUT2D eigenvalue weighted by atomic mass is 9.89. The van der Waals surface area contributed by atoms with E-state index in [-0.39, 0.29) is 12.6 Å². The van der Waals surface area contributed by atoms with Crippen molar-refractivity contribution >= 4 is 29.5 Å². The Labute approximate surface area is 205 Å². The highest BCUT2D eigenvalue weighted by atomic mass is 16.6. The number of fused-ring (bicyclic) bond motifs is 1. The van der Waals surface area contributed by atoms with Gasteiger partial charge < -0.3 is 14.2 Å². The Balaban J connectivity index is 1.50. The molecule has 0 bridgehead atoms. The topological polar surface area (TPSA) is 65.1 Å². The van der Waals surface area contributed by atoms with E-state index in [9.17, 15) is 9.59 Å². The summed E-state index contributed by atoms with van der Waals surface area (Å²) in [5, 5.41) is 0.